The molecule has 8 unspecified atom stereocenters. The van der Waals surface area contributed by atoms with Gasteiger partial charge in [0.15, 0.2) is 6.29 Å². The largest absolute Gasteiger partial charge is 0.389 e. The second-order valence-corrected chi connectivity index (χ2v) is 11.8. The molecule has 1 saturated heterocycles. The van der Waals surface area contributed by atoms with Gasteiger partial charge in [-0.3, -0.25) is 0 Å². The number of fused-ring (bicyclic) bond motifs is 5. The van der Waals surface area contributed by atoms with Crippen LogP contribution < -0.4 is 0 Å². The van der Waals surface area contributed by atoms with Gasteiger partial charge in [0.2, 0.25) is 0 Å². The third-order valence-electron chi connectivity index (χ3n) is 10.6. The van der Waals surface area contributed by atoms with E-state index in [0.29, 0.717) is 36.8 Å². The lowest BCUT2D eigenvalue weighted by molar-refractivity contribution is -0.195. The first-order chi connectivity index (χ1) is 15.4. The Kier molecular flexibility index (Phi) is 6.11. The highest BCUT2D eigenvalue weighted by Gasteiger charge is 2.63. The molecule has 178 valence electrons. The Morgan fingerprint density at radius 2 is 2.00 bits per heavy atom. The Hall–Kier alpha value is -1.07. The molecular formula is C26H41N3O3. The van der Waals surface area contributed by atoms with E-state index in [4.69, 9.17) is 15.0 Å². The number of aliphatic hydroxyl groups is 1. The summed E-state index contributed by atoms with van der Waals surface area (Å²) < 4.78 is 12.2. The van der Waals surface area contributed by atoms with Gasteiger partial charge in [0.1, 0.15) is 0 Å². The van der Waals surface area contributed by atoms with Crippen molar-refractivity contribution in [1.29, 1.82) is 0 Å². The van der Waals surface area contributed by atoms with E-state index >= 15 is 0 Å². The van der Waals surface area contributed by atoms with Crippen molar-refractivity contribution in [3.8, 4) is 0 Å². The van der Waals surface area contributed by atoms with Crippen molar-refractivity contribution in [3.05, 3.63) is 22.1 Å². The molecule has 6 heteroatoms. The first-order valence-corrected chi connectivity index (χ1v) is 13.1. The Morgan fingerprint density at radius 3 is 2.78 bits per heavy atom. The van der Waals surface area contributed by atoms with Gasteiger partial charge >= 0.3 is 0 Å². The minimum atomic E-state index is -0.687. The summed E-state index contributed by atoms with van der Waals surface area (Å²) in [4.78, 5) is 2.91. The van der Waals surface area contributed by atoms with Gasteiger partial charge in [0, 0.05) is 18.1 Å². The predicted octanol–water partition coefficient (Wildman–Crippen LogP) is 6.29. The number of nitrogens with zero attached hydrogens (tertiary/aromatic N) is 3. The fraction of sp³-hybridized carbons (Fsp3) is 0.923. The minimum absolute atomic E-state index is 0.00645. The normalized spacial score (nSPS) is 48.1. The van der Waals surface area contributed by atoms with Crippen LogP contribution in [0.1, 0.15) is 90.9 Å². The fourth-order valence-electron chi connectivity index (χ4n) is 8.58. The minimum Gasteiger partial charge on any atom is -0.389 e. The SMILES string of the molecule is CC12CCC(OC3CCCCO3)CC1=CCC1C2CCC2(C)C1CCC2(O)CCN=[N+]=[N-]. The van der Waals surface area contributed by atoms with Gasteiger partial charge in [-0.1, -0.05) is 30.6 Å². The van der Waals surface area contributed by atoms with E-state index < -0.39 is 5.60 Å². The van der Waals surface area contributed by atoms with Gasteiger partial charge < -0.3 is 14.6 Å². The summed E-state index contributed by atoms with van der Waals surface area (Å²) in [6.07, 6.45) is 15.7. The van der Waals surface area contributed by atoms with Crippen LogP contribution in [0.2, 0.25) is 0 Å². The van der Waals surface area contributed by atoms with Crippen LogP contribution in [0, 0.1) is 28.6 Å². The summed E-state index contributed by atoms with van der Waals surface area (Å²) in [6, 6.07) is 0. The zero-order chi connectivity index (χ0) is 22.4. The van der Waals surface area contributed by atoms with Crippen molar-refractivity contribution in [1.82, 2.24) is 0 Å². The maximum atomic E-state index is 11.6. The average Bonchev–Trinajstić information content (AvgIpc) is 3.06. The monoisotopic (exact) mass is 443 g/mol. The van der Waals surface area contributed by atoms with Crippen LogP contribution in [0.25, 0.3) is 10.4 Å². The van der Waals surface area contributed by atoms with Gasteiger partial charge in [-0.05, 0) is 111 Å². The Bertz CT molecular complexity index is 789. The summed E-state index contributed by atoms with van der Waals surface area (Å²) in [5, 5.41) is 15.4. The second-order valence-electron chi connectivity index (χ2n) is 11.8. The summed E-state index contributed by atoms with van der Waals surface area (Å²) in [5.74, 6) is 1.94. The van der Waals surface area contributed by atoms with Crippen molar-refractivity contribution in [3.63, 3.8) is 0 Å². The lowest BCUT2D eigenvalue weighted by Crippen LogP contribution is -2.55. The van der Waals surface area contributed by atoms with Crippen LogP contribution in [0.3, 0.4) is 0 Å². The average molecular weight is 444 g/mol. The highest BCUT2D eigenvalue weighted by Crippen LogP contribution is 2.67. The maximum absolute atomic E-state index is 11.6. The van der Waals surface area contributed by atoms with Crippen LogP contribution in [-0.4, -0.2) is 36.3 Å². The molecule has 1 aliphatic heterocycles. The van der Waals surface area contributed by atoms with Gasteiger partial charge in [-0.2, -0.15) is 0 Å². The molecule has 0 amide bonds. The van der Waals surface area contributed by atoms with Crippen molar-refractivity contribution >= 4 is 0 Å². The van der Waals surface area contributed by atoms with E-state index in [1.54, 1.807) is 5.57 Å². The molecule has 4 fully saturated rings. The molecule has 5 aliphatic rings. The highest BCUT2D eigenvalue weighted by atomic mass is 16.7. The van der Waals surface area contributed by atoms with E-state index in [2.05, 4.69) is 29.9 Å². The van der Waals surface area contributed by atoms with E-state index in [9.17, 15) is 5.11 Å². The number of hydrogen-bond donors (Lipinski definition) is 1. The highest BCUT2D eigenvalue weighted by molar-refractivity contribution is 5.26. The smallest absolute Gasteiger partial charge is 0.157 e. The standard InChI is InChI=1S/C26H41N3O3/c1-24-11-8-19(32-23-5-3-4-16-31-23)17-18(24)6-7-20-21(24)9-12-25(2)22(20)10-13-26(25,30)14-15-28-29-27/h6,19-23,30H,3-5,7-17H2,1-2H3. The number of rotatable bonds is 5. The molecule has 4 aliphatic carbocycles. The number of allylic oxidation sites excluding steroid dienone is 1. The molecule has 0 aromatic rings. The molecule has 0 radical (unpaired) electrons. The van der Waals surface area contributed by atoms with Gasteiger partial charge in [-0.25, -0.2) is 0 Å². The zero-order valence-corrected chi connectivity index (χ0v) is 20.0. The lowest BCUT2D eigenvalue weighted by atomic mass is 9.47. The van der Waals surface area contributed by atoms with Crippen LogP contribution in [0.5, 0.6) is 0 Å². The molecule has 5 rings (SSSR count). The molecule has 0 aromatic carbocycles. The van der Waals surface area contributed by atoms with Crippen LogP contribution >= 0.6 is 0 Å². The summed E-state index contributed by atoms with van der Waals surface area (Å²) in [7, 11) is 0. The molecule has 8 atom stereocenters. The zero-order valence-electron chi connectivity index (χ0n) is 20.0. The predicted molar refractivity (Wildman–Crippen MR) is 124 cm³/mol. The molecule has 1 N–H and O–H groups in total. The van der Waals surface area contributed by atoms with Crippen molar-refractivity contribution in [2.45, 2.75) is 109 Å². The van der Waals surface area contributed by atoms with E-state index in [-0.39, 0.29) is 17.1 Å². The quantitative estimate of drug-likeness (QED) is 0.234. The maximum Gasteiger partial charge on any atom is 0.157 e. The Morgan fingerprint density at radius 1 is 1.16 bits per heavy atom. The summed E-state index contributed by atoms with van der Waals surface area (Å²) in [6.45, 7) is 6.09. The second kappa shape index (κ2) is 8.61. The van der Waals surface area contributed by atoms with E-state index in [0.717, 1.165) is 58.0 Å². The number of azide groups is 1. The molecule has 0 spiro atoms. The first kappa shape index (κ1) is 22.7. The molecule has 32 heavy (non-hydrogen) atoms. The van der Waals surface area contributed by atoms with E-state index in [1.165, 1.54) is 19.3 Å². The first-order valence-electron chi connectivity index (χ1n) is 13.1. The van der Waals surface area contributed by atoms with Crippen molar-refractivity contribution in [2.75, 3.05) is 13.2 Å². The van der Waals surface area contributed by atoms with Crippen LogP contribution in [0.15, 0.2) is 16.8 Å². The molecular weight excluding hydrogens is 402 g/mol. The topological polar surface area (TPSA) is 87.5 Å². The molecule has 0 bridgehead atoms. The Labute approximate surface area is 192 Å². The molecule has 3 saturated carbocycles. The van der Waals surface area contributed by atoms with Crippen molar-refractivity contribution < 1.29 is 14.6 Å². The summed E-state index contributed by atoms with van der Waals surface area (Å²) >= 11 is 0. The van der Waals surface area contributed by atoms with Gasteiger partial charge in [0.05, 0.1) is 11.7 Å². The van der Waals surface area contributed by atoms with Gasteiger partial charge in [-0.15, -0.1) is 0 Å². The van der Waals surface area contributed by atoms with E-state index in [1.807, 2.05) is 0 Å². The van der Waals surface area contributed by atoms with Gasteiger partial charge in [0.25, 0.3) is 0 Å². The molecule has 6 nitrogen and oxygen atoms in total. The lowest BCUT2D eigenvalue weighted by Gasteiger charge is -2.59. The van der Waals surface area contributed by atoms with Crippen LogP contribution in [-0.2, 0) is 9.47 Å². The van der Waals surface area contributed by atoms with Crippen LogP contribution in [0.4, 0.5) is 0 Å². The van der Waals surface area contributed by atoms with Crippen molar-refractivity contribution in [2.24, 2.45) is 33.7 Å². The third-order valence-corrected chi connectivity index (χ3v) is 10.6. The number of ether oxygens (including phenoxy) is 2. The molecule has 1 heterocycles. The third kappa shape index (κ3) is 3.62. The Balaban J connectivity index is 1.30. The fourth-order valence-corrected chi connectivity index (χ4v) is 8.58. The molecule has 0 aromatic heterocycles. The number of hydrogen-bond acceptors (Lipinski definition) is 4. The summed E-state index contributed by atoms with van der Waals surface area (Å²) in [5.41, 5.74) is 9.85.